The van der Waals surface area contributed by atoms with E-state index in [1.54, 1.807) is 0 Å². The van der Waals surface area contributed by atoms with Gasteiger partial charge in [0.25, 0.3) is 0 Å². The van der Waals surface area contributed by atoms with E-state index >= 15 is 0 Å². The smallest absolute Gasteiger partial charge is 0.00719 e. The highest BCUT2D eigenvalue weighted by atomic mass is 32.2. The molecule has 2 heteroatoms. The molecule has 82 valence electrons. The highest BCUT2D eigenvalue weighted by Gasteiger charge is 2.12. The van der Waals surface area contributed by atoms with Crippen LogP contribution in [0, 0.1) is 5.92 Å². The van der Waals surface area contributed by atoms with Crippen LogP contribution in [0.5, 0.6) is 0 Å². The molecule has 1 unspecified atom stereocenters. The monoisotopic (exact) mass is 221 g/mol. The first-order valence-electron chi connectivity index (χ1n) is 5.84. The molecule has 1 aromatic carbocycles. The van der Waals surface area contributed by atoms with E-state index < -0.39 is 0 Å². The normalized spacial score (nSPS) is 21.5. The molecule has 0 spiro atoms. The maximum absolute atomic E-state index is 3.47. The molecule has 1 atom stereocenters. The van der Waals surface area contributed by atoms with Crippen LogP contribution < -0.4 is 5.32 Å². The second kappa shape index (κ2) is 6.19. The Kier molecular flexibility index (Phi) is 4.55. The van der Waals surface area contributed by atoms with E-state index in [-0.39, 0.29) is 0 Å². The van der Waals surface area contributed by atoms with Gasteiger partial charge in [0, 0.05) is 4.90 Å². The molecule has 1 N–H and O–H groups in total. The number of rotatable bonds is 4. The molecule has 0 saturated carbocycles. The van der Waals surface area contributed by atoms with Crippen molar-refractivity contribution < 1.29 is 0 Å². The summed E-state index contributed by atoms with van der Waals surface area (Å²) in [4.78, 5) is 1.40. The minimum absolute atomic E-state index is 0.912. The summed E-state index contributed by atoms with van der Waals surface area (Å²) in [6.07, 6.45) is 4.13. The van der Waals surface area contributed by atoms with Crippen LogP contribution in [0.1, 0.15) is 19.3 Å². The van der Waals surface area contributed by atoms with Gasteiger partial charge >= 0.3 is 0 Å². The third-order valence-electron chi connectivity index (χ3n) is 2.94. The largest absolute Gasteiger partial charge is 0.316 e. The van der Waals surface area contributed by atoms with Crippen molar-refractivity contribution in [1.82, 2.24) is 5.32 Å². The van der Waals surface area contributed by atoms with Crippen molar-refractivity contribution in [3.63, 3.8) is 0 Å². The minimum atomic E-state index is 0.912. The van der Waals surface area contributed by atoms with E-state index in [4.69, 9.17) is 0 Å². The lowest BCUT2D eigenvalue weighted by Crippen LogP contribution is -2.29. The zero-order valence-corrected chi connectivity index (χ0v) is 9.93. The molecule has 0 radical (unpaired) electrons. The first-order valence-corrected chi connectivity index (χ1v) is 6.82. The average molecular weight is 221 g/mol. The molecular weight excluding hydrogens is 202 g/mol. The van der Waals surface area contributed by atoms with Crippen molar-refractivity contribution in [1.29, 1.82) is 0 Å². The number of benzene rings is 1. The maximum Gasteiger partial charge on any atom is 0.00719 e. The van der Waals surface area contributed by atoms with Gasteiger partial charge in [-0.2, -0.15) is 0 Å². The van der Waals surface area contributed by atoms with E-state index in [2.05, 4.69) is 35.6 Å². The molecule has 1 aliphatic rings. The van der Waals surface area contributed by atoms with E-state index in [0.29, 0.717) is 0 Å². The molecule has 0 aromatic heterocycles. The predicted octanol–water partition coefficient (Wildman–Crippen LogP) is 3.17. The fourth-order valence-electron chi connectivity index (χ4n) is 2.03. The molecule has 2 rings (SSSR count). The number of hydrogen-bond donors (Lipinski definition) is 1. The van der Waals surface area contributed by atoms with Crippen molar-refractivity contribution in [3.8, 4) is 0 Å². The van der Waals surface area contributed by atoms with Crippen LogP contribution in [0.25, 0.3) is 0 Å². The molecule has 0 bridgehead atoms. The molecule has 1 aromatic rings. The lowest BCUT2D eigenvalue weighted by molar-refractivity contribution is 0.371. The van der Waals surface area contributed by atoms with Crippen molar-refractivity contribution >= 4 is 11.8 Å². The molecule has 1 aliphatic heterocycles. The Morgan fingerprint density at radius 2 is 2.13 bits per heavy atom. The molecule has 1 heterocycles. The average Bonchev–Trinajstić information content (AvgIpc) is 2.32. The highest BCUT2D eigenvalue weighted by Crippen LogP contribution is 2.22. The van der Waals surface area contributed by atoms with Gasteiger partial charge in [0.1, 0.15) is 0 Å². The summed E-state index contributed by atoms with van der Waals surface area (Å²) in [5.74, 6) is 2.17. The quantitative estimate of drug-likeness (QED) is 0.784. The zero-order valence-electron chi connectivity index (χ0n) is 9.11. The number of thioether (sulfide) groups is 1. The van der Waals surface area contributed by atoms with E-state index in [0.717, 1.165) is 5.92 Å². The molecule has 0 aliphatic carbocycles. The van der Waals surface area contributed by atoms with Crippen LogP contribution in [-0.4, -0.2) is 18.8 Å². The summed E-state index contributed by atoms with van der Waals surface area (Å²) in [7, 11) is 0. The lowest BCUT2D eigenvalue weighted by atomic mass is 9.97. The fourth-order valence-corrected chi connectivity index (χ4v) is 3.07. The molecule has 1 fully saturated rings. The Morgan fingerprint density at radius 3 is 2.87 bits per heavy atom. The van der Waals surface area contributed by atoms with Gasteiger partial charge in [-0.15, -0.1) is 11.8 Å². The number of piperidine rings is 1. The van der Waals surface area contributed by atoms with Crippen molar-refractivity contribution in [3.05, 3.63) is 30.3 Å². The van der Waals surface area contributed by atoms with Gasteiger partial charge in [-0.25, -0.2) is 0 Å². The predicted molar refractivity (Wildman–Crippen MR) is 67.4 cm³/mol. The number of hydrogen-bond acceptors (Lipinski definition) is 2. The van der Waals surface area contributed by atoms with Crippen LogP contribution in [-0.2, 0) is 0 Å². The Morgan fingerprint density at radius 1 is 1.27 bits per heavy atom. The van der Waals surface area contributed by atoms with Gasteiger partial charge < -0.3 is 5.32 Å². The third kappa shape index (κ3) is 3.88. The summed E-state index contributed by atoms with van der Waals surface area (Å²) in [6.45, 7) is 2.46. The van der Waals surface area contributed by atoms with Gasteiger partial charge in [0.15, 0.2) is 0 Å². The summed E-state index contributed by atoms with van der Waals surface area (Å²) >= 11 is 1.99. The van der Waals surface area contributed by atoms with Gasteiger partial charge in [-0.05, 0) is 56.2 Å². The van der Waals surface area contributed by atoms with Crippen LogP contribution in [0.2, 0.25) is 0 Å². The van der Waals surface area contributed by atoms with E-state index in [9.17, 15) is 0 Å². The minimum Gasteiger partial charge on any atom is -0.316 e. The first kappa shape index (κ1) is 11.0. The maximum atomic E-state index is 3.47. The van der Waals surface area contributed by atoms with Crippen molar-refractivity contribution in [2.75, 3.05) is 18.8 Å². The summed E-state index contributed by atoms with van der Waals surface area (Å²) in [6, 6.07) is 10.7. The van der Waals surface area contributed by atoms with E-state index in [1.807, 2.05) is 11.8 Å². The summed E-state index contributed by atoms with van der Waals surface area (Å²) in [5.41, 5.74) is 0. The Balaban J connectivity index is 1.66. The fraction of sp³-hybridized carbons (Fsp3) is 0.538. The second-order valence-corrected chi connectivity index (χ2v) is 5.33. The molecule has 15 heavy (non-hydrogen) atoms. The Labute approximate surface area is 96.7 Å². The topological polar surface area (TPSA) is 12.0 Å². The van der Waals surface area contributed by atoms with Crippen molar-refractivity contribution in [2.24, 2.45) is 5.92 Å². The summed E-state index contributed by atoms with van der Waals surface area (Å²) < 4.78 is 0. The second-order valence-electron chi connectivity index (χ2n) is 4.16. The highest BCUT2D eigenvalue weighted by molar-refractivity contribution is 7.99. The third-order valence-corrected chi connectivity index (χ3v) is 3.98. The van der Waals surface area contributed by atoms with Crippen LogP contribution >= 0.6 is 11.8 Å². The van der Waals surface area contributed by atoms with Crippen molar-refractivity contribution in [2.45, 2.75) is 24.2 Å². The van der Waals surface area contributed by atoms with Gasteiger partial charge in [0.05, 0.1) is 0 Å². The van der Waals surface area contributed by atoms with Gasteiger partial charge in [-0.1, -0.05) is 18.2 Å². The van der Waals surface area contributed by atoms with Crippen LogP contribution in [0.15, 0.2) is 35.2 Å². The van der Waals surface area contributed by atoms with Crippen LogP contribution in [0.4, 0.5) is 0 Å². The first-order chi connectivity index (χ1) is 7.45. The summed E-state index contributed by atoms with van der Waals surface area (Å²) in [5, 5.41) is 3.47. The van der Waals surface area contributed by atoms with Gasteiger partial charge in [0.2, 0.25) is 0 Å². The Hall–Kier alpha value is -0.470. The molecule has 1 saturated heterocycles. The molecule has 0 amide bonds. The zero-order chi connectivity index (χ0) is 10.3. The van der Waals surface area contributed by atoms with Gasteiger partial charge in [-0.3, -0.25) is 0 Å². The lowest BCUT2D eigenvalue weighted by Gasteiger charge is -2.22. The molecular formula is C13H19NS. The Bertz CT molecular complexity index is 267. The number of nitrogens with one attached hydrogen (secondary N) is 1. The van der Waals surface area contributed by atoms with E-state index in [1.165, 1.54) is 43.0 Å². The standard InChI is InChI=1S/C13H19NS/c1-2-6-13(7-3-1)15-10-8-12-5-4-9-14-11-12/h1-3,6-7,12,14H,4-5,8-11H2. The van der Waals surface area contributed by atoms with Crippen LogP contribution in [0.3, 0.4) is 0 Å². The SMILES string of the molecule is c1ccc(SCCC2CCCNC2)cc1. The molecule has 1 nitrogen and oxygen atoms in total.